The number of ether oxygens (including phenoxy) is 3. The van der Waals surface area contributed by atoms with Crippen LogP contribution < -0.4 is 14.9 Å². The summed E-state index contributed by atoms with van der Waals surface area (Å²) in [6, 6.07) is 8.01. The number of esters is 1. The first-order valence-electron chi connectivity index (χ1n) is 13.1. The second kappa shape index (κ2) is 17.8. The molecule has 9 heteroatoms. The molecule has 0 aliphatic rings. The van der Waals surface area contributed by atoms with E-state index in [2.05, 4.69) is 61.7 Å². The summed E-state index contributed by atoms with van der Waals surface area (Å²) in [5.41, 5.74) is 6.97. The summed E-state index contributed by atoms with van der Waals surface area (Å²) in [6.45, 7) is 18.4. The van der Waals surface area contributed by atoms with Crippen molar-refractivity contribution in [1.82, 2.24) is 10.2 Å². The molecule has 0 saturated heterocycles. The quantitative estimate of drug-likeness (QED) is 0.159. The van der Waals surface area contributed by atoms with Crippen LogP contribution in [0.3, 0.4) is 0 Å². The van der Waals surface area contributed by atoms with E-state index >= 15 is 0 Å². The summed E-state index contributed by atoms with van der Waals surface area (Å²) in [6.07, 6.45) is 1.27. The molecule has 2 rings (SSSR count). The lowest BCUT2D eigenvalue weighted by Crippen LogP contribution is -2.28. The normalized spacial score (nSPS) is 11.4. The average molecular weight is 549 g/mol. The van der Waals surface area contributed by atoms with Crippen LogP contribution in [0.15, 0.2) is 24.3 Å². The molecule has 8 nitrogen and oxygen atoms in total. The number of carbonyl (C=O) groups excluding carboxylic acids is 2. The fourth-order valence-corrected chi connectivity index (χ4v) is 5.08. The smallest absolute Gasteiger partial charge is 0.320 e. The number of rotatable bonds is 14. The summed E-state index contributed by atoms with van der Waals surface area (Å²) >= 11 is 0. The first kappa shape index (κ1) is 33.4. The molecule has 3 N–H and O–H groups in total. The van der Waals surface area contributed by atoms with E-state index in [0.717, 1.165) is 29.8 Å². The standard InChI is InChI=1S/C26H39N2O4P.C3H6O2/c1-8-27-33(28-15-26(30)31-9-2)16-32-25-12-18(5)23(19(6)20(25)7)14-21-10-11-24(29)22(13-21)17(3)4;1-2-5-3-4/h10-13,17,27-29H,8-9,14-16H2,1-7H3;3H,2H2,1H3. The van der Waals surface area contributed by atoms with Crippen molar-refractivity contribution in [3.8, 4) is 11.5 Å². The summed E-state index contributed by atoms with van der Waals surface area (Å²) < 4.78 is 15.3. The van der Waals surface area contributed by atoms with Gasteiger partial charge in [0.2, 0.25) is 0 Å². The van der Waals surface area contributed by atoms with Gasteiger partial charge in [-0.3, -0.25) is 19.8 Å². The Kier molecular flexibility index (Phi) is 15.6. The van der Waals surface area contributed by atoms with E-state index in [1.165, 1.54) is 22.3 Å². The van der Waals surface area contributed by atoms with Gasteiger partial charge < -0.3 is 19.3 Å². The fraction of sp³-hybridized carbons (Fsp3) is 0.517. The molecule has 2 aromatic carbocycles. The van der Waals surface area contributed by atoms with Gasteiger partial charge in [-0.15, -0.1) is 0 Å². The van der Waals surface area contributed by atoms with Gasteiger partial charge in [0.05, 0.1) is 28.0 Å². The summed E-state index contributed by atoms with van der Waals surface area (Å²) in [5.74, 6) is 1.24. The van der Waals surface area contributed by atoms with Gasteiger partial charge in [-0.05, 0) is 99.0 Å². The third-order valence-electron chi connectivity index (χ3n) is 5.96. The number of phenols is 1. The number of hydrogen-bond donors (Lipinski definition) is 3. The predicted molar refractivity (Wildman–Crippen MR) is 154 cm³/mol. The van der Waals surface area contributed by atoms with Gasteiger partial charge in [0.1, 0.15) is 17.8 Å². The van der Waals surface area contributed by atoms with E-state index in [4.69, 9.17) is 9.47 Å². The number of benzene rings is 2. The topological polar surface area (TPSA) is 106 Å². The highest BCUT2D eigenvalue weighted by atomic mass is 31.1. The van der Waals surface area contributed by atoms with Gasteiger partial charge in [-0.1, -0.05) is 32.9 Å². The van der Waals surface area contributed by atoms with Crippen molar-refractivity contribution in [3.05, 3.63) is 57.6 Å². The molecular weight excluding hydrogens is 503 g/mol. The highest BCUT2D eigenvalue weighted by Gasteiger charge is 2.16. The Bertz CT molecular complexity index is 1030. The highest BCUT2D eigenvalue weighted by molar-refractivity contribution is 7.53. The van der Waals surface area contributed by atoms with Gasteiger partial charge in [0, 0.05) is 0 Å². The number of carbonyl (C=O) groups is 2. The Hall–Kier alpha value is -2.67. The number of phenolic OH excluding ortho intramolecular Hbond substituents is 1. The second-order valence-electron chi connectivity index (χ2n) is 9.05. The van der Waals surface area contributed by atoms with E-state index in [1.807, 2.05) is 13.0 Å². The first-order chi connectivity index (χ1) is 18.1. The molecule has 0 saturated carbocycles. The summed E-state index contributed by atoms with van der Waals surface area (Å²) in [7, 11) is -0.867. The van der Waals surface area contributed by atoms with Crippen molar-refractivity contribution in [1.29, 1.82) is 0 Å². The molecule has 0 bridgehead atoms. The molecule has 2 aromatic rings. The van der Waals surface area contributed by atoms with Crippen molar-refractivity contribution in [2.24, 2.45) is 0 Å². The molecule has 0 radical (unpaired) electrons. The largest absolute Gasteiger partial charge is 0.508 e. The lowest BCUT2D eigenvalue weighted by molar-refractivity contribution is -0.141. The maximum Gasteiger partial charge on any atom is 0.320 e. The number of nitrogens with one attached hydrogen (secondary N) is 2. The second-order valence-corrected chi connectivity index (χ2v) is 10.8. The lowest BCUT2D eigenvalue weighted by Gasteiger charge is -2.22. The van der Waals surface area contributed by atoms with Crippen molar-refractivity contribution in [2.75, 3.05) is 32.7 Å². The molecule has 0 aromatic heterocycles. The molecule has 0 amide bonds. The van der Waals surface area contributed by atoms with E-state index in [-0.39, 0.29) is 18.4 Å². The van der Waals surface area contributed by atoms with Crippen molar-refractivity contribution in [2.45, 2.75) is 67.7 Å². The minimum atomic E-state index is -0.867. The molecule has 0 spiro atoms. The molecule has 0 fully saturated rings. The van der Waals surface area contributed by atoms with Crippen molar-refractivity contribution < 1.29 is 28.9 Å². The minimum absolute atomic E-state index is 0.164. The van der Waals surface area contributed by atoms with Crippen LogP contribution in [0.2, 0.25) is 0 Å². The van der Waals surface area contributed by atoms with Crippen LogP contribution in [0.5, 0.6) is 11.5 Å². The SMILES string of the molecule is CCNP(COc1cc(C)c(Cc2ccc(O)c(C(C)C)c2)c(C)c1C)NCC(=O)OCC.CCOC=O. The molecule has 0 aliphatic carbocycles. The summed E-state index contributed by atoms with van der Waals surface area (Å²) in [4.78, 5) is 20.9. The van der Waals surface area contributed by atoms with Crippen LogP contribution >= 0.6 is 8.22 Å². The Labute approximate surface area is 229 Å². The van der Waals surface area contributed by atoms with Crippen LogP contribution in [-0.4, -0.2) is 50.2 Å². The predicted octanol–water partition coefficient (Wildman–Crippen LogP) is 5.62. The molecule has 1 unspecified atom stereocenters. The Morgan fingerprint density at radius 2 is 1.76 bits per heavy atom. The van der Waals surface area contributed by atoms with Crippen LogP contribution in [0, 0.1) is 20.8 Å². The van der Waals surface area contributed by atoms with Crippen LogP contribution in [-0.2, 0) is 25.5 Å². The lowest BCUT2D eigenvalue weighted by atomic mass is 9.91. The van der Waals surface area contributed by atoms with Gasteiger partial charge >= 0.3 is 5.97 Å². The molecule has 0 aliphatic heterocycles. The van der Waals surface area contributed by atoms with E-state index in [9.17, 15) is 14.7 Å². The van der Waals surface area contributed by atoms with Crippen molar-refractivity contribution >= 4 is 20.7 Å². The molecule has 212 valence electrons. The van der Waals surface area contributed by atoms with Crippen LogP contribution in [0.25, 0.3) is 0 Å². The first-order valence-corrected chi connectivity index (χ1v) is 14.6. The van der Waals surface area contributed by atoms with E-state index in [0.29, 0.717) is 31.8 Å². The maximum absolute atomic E-state index is 11.7. The van der Waals surface area contributed by atoms with Gasteiger partial charge in [-0.2, -0.15) is 0 Å². The van der Waals surface area contributed by atoms with Gasteiger partial charge in [0.15, 0.2) is 0 Å². The van der Waals surface area contributed by atoms with E-state index in [1.54, 1.807) is 19.9 Å². The van der Waals surface area contributed by atoms with Crippen LogP contribution in [0.4, 0.5) is 0 Å². The number of aromatic hydroxyl groups is 1. The van der Waals surface area contributed by atoms with Crippen LogP contribution in [0.1, 0.15) is 73.9 Å². The average Bonchev–Trinajstić information content (AvgIpc) is 2.88. The van der Waals surface area contributed by atoms with E-state index < -0.39 is 8.22 Å². The monoisotopic (exact) mass is 548 g/mol. The summed E-state index contributed by atoms with van der Waals surface area (Å²) in [5, 5.41) is 16.7. The highest BCUT2D eigenvalue weighted by Crippen LogP contribution is 2.33. The third kappa shape index (κ3) is 11.0. The van der Waals surface area contributed by atoms with Gasteiger partial charge in [-0.25, -0.2) is 0 Å². The van der Waals surface area contributed by atoms with Crippen molar-refractivity contribution in [3.63, 3.8) is 0 Å². The number of hydrogen-bond acceptors (Lipinski definition) is 8. The Balaban J connectivity index is 0.00000132. The zero-order valence-electron chi connectivity index (χ0n) is 24.1. The zero-order chi connectivity index (χ0) is 28.7. The third-order valence-corrected chi connectivity index (χ3v) is 7.58. The minimum Gasteiger partial charge on any atom is -0.508 e. The molecule has 0 heterocycles. The van der Waals surface area contributed by atoms with Gasteiger partial charge in [0.25, 0.3) is 6.47 Å². The zero-order valence-corrected chi connectivity index (χ0v) is 25.0. The maximum atomic E-state index is 11.7. The Morgan fingerprint density at radius 3 is 2.32 bits per heavy atom. The molecular formula is C29H45N2O6P. The Morgan fingerprint density at radius 1 is 1.05 bits per heavy atom. The molecule has 38 heavy (non-hydrogen) atoms. The number of aryl methyl sites for hydroxylation is 1. The molecule has 1 atom stereocenters. The fourth-order valence-electron chi connectivity index (χ4n) is 3.81.